The van der Waals surface area contributed by atoms with Crippen LogP contribution < -0.4 is 5.32 Å². The van der Waals surface area contributed by atoms with Crippen molar-refractivity contribution in [3.63, 3.8) is 0 Å². The molecular formula is C8H14ClN3O. The zero-order chi connectivity index (χ0) is 9.68. The molecule has 1 heterocycles. The lowest BCUT2D eigenvalue weighted by molar-refractivity contribution is 0.147. The summed E-state index contributed by atoms with van der Waals surface area (Å²) in [5.41, 5.74) is 0. The van der Waals surface area contributed by atoms with Gasteiger partial charge in [-0.25, -0.2) is 0 Å². The lowest BCUT2D eigenvalue weighted by atomic mass is 10.3. The minimum absolute atomic E-state index is 0.420. The van der Waals surface area contributed by atoms with Gasteiger partial charge < -0.3 is 10.4 Å². The van der Waals surface area contributed by atoms with Crippen LogP contribution in [-0.4, -0.2) is 34.1 Å². The number of nitrogens with zero attached hydrogens (tertiary/aromatic N) is 2. The van der Waals surface area contributed by atoms with Crippen molar-refractivity contribution in [2.45, 2.75) is 19.6 Å². The Labute approximate surface area is 82.5 Å². The number of aliphatic hydroxyl groups is 1. The minimum Gasteiger partial charge on any atom is -0.390 e. The molecule has 1 aromatic heterocycles. The van der Waals surface area contributed by atoms with Gasteiger partial charge in [-0.05, 0) is 6.54 Å². The maximum Gasteiger partial charge on any atom is 0.0860 e. The number of halogens is 1. The van der Waals surface area contributed by atoms with E-state index in [9.17, 15) is 5.11 Å². The fourth-order valence-corrected chi connectivity index (χ4v) is 1.19. The van der Waals surface area contributed by atoms with Crippen molar-refractivity contribution in [3.05, 3.63) is 17.4 Å². The molecule has 0 aliphatic rings. The molecule has 2 N–H and O–H groups in total. The predicted octanol–water partition coefficient (Wildman–Crippen LogP) is 0.507. The SMILES string of the molecule is CCNCC(O)Cn1cc(Cl)cn1. The molecule has 0 saturated heterocycles. The smallest absolute Gasteiger partial charge is 0.0860 e. The standard InChI is InChI=1S/C8H14ClN3O/c1-2-10-4-8(13)6-12-5-7(9)3-11-12/h3,5,8,10,13H,2,4,6H2,1H3. The van der Waals surface area contributed by atoms with E-state index in [4.69, 9.17) is 11.6 Å². The molecule has 0 bridgehead atoms. The van der Waals surface area contributed by atoms with E-state index in [1.165, 1.54) is 0 Å². The monoisotopic (exact) mass is 203 g/mol. The third-order valence-electron chi connectivity index (χ3n) is 1.63. The number of nitrogens with one attached hydrogen (secondary N) is 1. The van der Waals surface area contributed by atoms with Gasteiger partial charge in [-0.2, -0.15) is 5.10 Å². The topological polar surface area (TPSA) is 50.1 Å². The lowest BCUT2D eigenvalue weighted by Crippen LogP contribution is -2.30. The molecule has 4 nitrogen and oxygen atoms in total. The van der Waals surface area contributed by atoms with Crippen LogP contribution in [0.5, 0.6) is 0 Å². The van der Waals surface area contributed by atoms with Crippen molar-refractivity contribution < 1.29 is 5.11 Å². The van der Waals surface area contributed by atoms with Crippen LogP contribution in [-0.2, 0) is 6.54 Å². The molecule has 13 heavy (non-hydrogen) atoms. The second-order valence-electron chi connectivity index (χ2n) is 2.84. The van der Waals surface area contributed by atoms with E-state index in [0.717, 1.165) is 6.54 Å². The van der Waals surface area contributed by atoms with E-state index in [1.807, 2.05) is 6.92 Å². The molecule has 0 aliphatic heterocycles. The van der Waals surface area contributed by atoms with E-state index in [1.54, 1.807) is 17.1 Å². The molecule has 0 radical (unpaired) electrons. The van der Waals surface area contributed by atoms with Crippen LogP contribution in [0.2, 0.25) is 5.02 Å². The summed E-state index contributed by atoms with van der Waals surface area (Å²) in [5.74, 6) is 0. The molecule has 0 fully saturated rings. The molecule has 1 atom stereocenters. The molecular weight excluding hydrogens is 190 g/mol. The van der Waals surface area contributed by atoms with Crippen molar-refractivity contribution in [2.75, 3.05) is 13.1 Å². The Kier molecular flexibility index (Phi) is 4.21. The first-order valence-corrected chi connectivity index (χ1v) is 4.67. The lowest BCUT2D eigenvalue weighted by Gasteiger charge is -2.10. The summed E-state index contributed by atoms with van der Waals surface area (Å²) in [4.78, 5) is 0. The Bertz CT molecular complexity index is 251. The van der Waals surface area contributed by atoms with Crippen LogP contribution >= 0.6 is 11.6 Å². The normalized spacial score (nSPS) is 13.2. The average Bonchev–Trinajstić information content (AvgIpc) is 2.48. The Balaban J connectivity index is 2.31. The van der Waals surface area contributed by atoms with Crippen LogP contribution in [0.1, 0.15) is 6.92 Å². The highest BCUT2D eigenvalue weighted by Crippen LogP contribution is 2.04. The van der Waals surface area contributed by atoms with E-state index >= 15 is 0 Å². The maximum atomic E-state index is 9.48. The van der Waals surface area contributed by atoms with E-state index in [2.05, 4.69) is 10.4 Å². The van der Waals surface area contributed by atoms with Crippen LogP contribution in [0.15, 0.2) is 12.4 Å². The van der Waals surface area contributed by atoms with Crippen LogP contribution in [0.3, 0.4) is 0 Å². The van der Waals surface area contributed by atoms with Gasteiger partial charge in [0.05, 0.1) is 23.9 Å². The number of likely N-dealkylation sites (N-methyl/N-ethyl adjacent to an activating group) is 1. The molecule has 1 rings (SSSR count). The fourth-order valence-electron chi connectivity index (χ4n) is 1.03. The van der Waals surface area contributed by atoms with E-state index in [-0.39, 0.29) is 0 Å². The quantitative estimate of drug-likeness (QED) is 0.733. The summed E-state index contributed by atoms with van der Waals surface area (Å²) in [6, 6.07) is 0. The highest BCUT2D eigenvalue weighted by molar-refractivity contribution is 6.30. The largest absolute Gasteiger partial charge is 0.390 e. The van der Waals surface area contributed by atoms with Gasteiger partial charge >= 0.3 is 0 Å². The third-order valence-corrected chi connectivity index (χ3v) is 1.82. The van der Waals surface area contributed by atoms with Crippen molar-refractivity contribution in [2.24, 2.45) is 0 Å². The van der Waals surface area contributed by atoms with Crippen LogP contribution in [0, 0.1) is 0 Å². The second-order valence-corrected chi connectivity index (χ2v) is 3.28. The zero-order valence-electron chi connectivity index (χ0n) is 7.57. The zero-order valence-corrected chi connectivity index (χ0v) is 8.33. The summed E-state index contributed by atoms with van der Waals surface area (Å²) in [6.45, 7) is 3.90. The highest BCUT2D eigenvalue weighted by atomic mass is 35.5. The minimum atomic E-state index is -0.420. The molecule has 5 heteroatoms. The van der Waals surface area contributed by atoms with Gasteiger partial charge in [0.25, 0.3) is 0 Å². The van der Waals surface area contributed by atoms with E-state index in [0.29, 0.717) is 18.1 Å². The summed E-state index contributed by atoms with van der Waals surface area (Å²) in [6.07, 6.45) is 2.83. The molecule has 1 aromatic rings. The van der Waals surface area contributed by atoms with E-state index < -0.39 is 6.10 Å². The summed E-state index contributed by atoms with van der Waals surface area (Å²) >= 11 is 5.67. The molecule has 0 spiro atoms. The number of rotatable bonds is 5. The molecule has 0 aromatic carbocycles. The van der Waals surface area contributed by atoms with Gasteiger partial charge in [-0.15, -0.1) is 0 Å². The Hall–Kier alpha value is -0.580. The molecule has 74 valence electrons. The maximum absolute atomic E-state index is 9.48. The van der Waals surface area contributed by atoms with Crippen LogP contribution in [0.4, 0.5) is 0 Å². The van der Waals surface area contributed by atoms with Gasteiger partial charge in [0.15, 0.2) is 0 Å². The number of hydrogen-bond acceptors (Lipinski definition) is 3. The molecule has 0 aliphatic carbocycles. The first kappa shape index (κ1) is 10.5. The van der Waals surface area contributed by atoms with Crippen molar-refractivity contribution in [1.82, 2.24) is 15.1 Å². The first-order chi connectivity index (χ1) is 6.22. The van der Waals surface area contributed by atoms with Gasteiger partial charge in [0.2, 0.25) is 0 Å². The van der Waals surface area contributed by atoms with Crippen molar-refractivity contribution in [3.8, 4) is 0 Å². The predicted molar refractivity (Wildman–Crippen MR) is 51.8 cm³/mol. The summed E-state index contributed by atoms with van der Waals surface area (Å²) in [5, 5.41) is 17.1. The first-order valence-electron chi connectivity index (χ1n) is 4.29. The fraction of sp³-hybridized carbons (Fsp3) is 0.625. The second kappa shape index (κ2) is 5.21. The van der Waals surface area contributed by atoms with Gasteiger partial charge in [0, 0.05) is 12.7 Å². The molecule has 0 saturated carbocycles. The van der Waals surface area contributed by atoms with Crippen LogP contribution in [0.25, 0.3) is 0 Å². The van der Waals surface area contributed by atoms with Gasteiger partial charge in [-0.3, -0.25) is 4.68 Å². The Morgan fingerprint density at radius 2 is 2.54 bits per heavy atom. The Morgan fingerprint density at radius 1 is 1.77 bits per heavy atom. The average molecular weight is 204 g/mol. The summed E-state index contributed by atoms with van der Waals surface area (Å²) < 4.78 is 1.63. The highest BCUT2D eigenvalue weighted by Gasteiger charge is 2.04. The van der Waals surface area contributed by atoms with Crippen molar-refractivity contribution in [1.29, 1.82) is 0 Å². The van der Waals surface area contributed by atoms with Gasteiger partial charge in [0.1, 0.15) is 0 Å². The molecule has 0 amide bonds. The van der Waals surface area contributed by atoms with Crippen molar-refractivity contribution >= 4 is 11.6 Å². The number of aromatic nitrogens is 2. The number of aliphatic hydroxyl groups excluding tert-OH is 1. The molecule has 1 unspecified atom stereocenters. The summed E-state index contributed by atoms with van der Waals surface area (Å²) in [7, 11) is 0. The number of hydrogen-bond donors (Lipinski definition) is 2. The van der Waals surface area contributed by atoms with Gasteiger partial charge in [-0.1, -0.05) is 18.5 Å². The Morgan fingerprint density at radius 3 is 3.08 bits per heavy atom. The third kappa shape index (κ3) is 3.76.